The van der Waals surface area contributed by atoms with Crippen LogP contribution in [0.15, 0.2) is 30.3 Å². The third-order valence-corrected chi connectivity index (χ3v) is 2.40. The predicted octanol–water partition coefficient (Wildman–Crippen LogP) is 1.60. The van der Waals surface area contributed by atoms with E-state index < -0.39 is 0 Å². The highest BCUT2D eigenvalue weighted by atomic mass is 16.6. The summed E-state index contributed by atoms with van der Waals surface area (Å²) < 4.78 is 10.5. The Kier molecular flexibility index (Phi) is 6.29. The third kappa shape index (κ3) is 4.97. The van der Waals surface area contributed by atoms with E-state index >= 15 is 0 Å². The fraction of sp³-hybridized carbons (Fsp3) is 0.462. The lowest BCUT2D eigenvalue weighted by atomic mass is 10.2. The molecule has 94 valence electrons. The van der Waals surface area contributed by atoms with Crippen molar-refractivity contribution in [2.45, 2.75) is 19.4 Å². The van der Waals surface area contributed by atoms with Gasteiger partial charge in [0.1, 0.15) is 6.61 Å². The molecule has 17 heavy (non-hydrogen) atoms. The van der Waals surface area contributed by atoms with E-state index in [4.69, 9.17) is 15.2 Å². The summed E-state index contributed by atoms with van der Waals surface area (Å²) in [5.41, 5.74) is 6.04. The summed E-state index contributed by atoms with van der Waals surface area (Å²) in [6.45, 7) is 3.13. The van der Waals surface area contributed by atoms with Gasteiger partial charge in [-0.15, -0.1) is 0 Å². The van der Waals surface area contributed by atoms with Crippen molar-refractivity contribution in [2.75, 3.05) is 19.8 Å². The number of hydrogen-bond donors (Lipinski definition) is 1. The van der Waals surface area contributed by atoms with Gasteiger partial charge in [-0.2, -0.15) is 0 Å². The molecule has 0 aliphatic rings. The molecule has 0 bridgehead atoms. The molecule has 0 radical (unpaired) electrons. The van der Waals surface area contributed by atoms with Crippen molar-refractivity contribution < 1.29 is 14.3 Å². The summed E-state index contributed by atoms with van der Waals surface area (Å²) in [5, 5.41) is 0. The second kappa shape index (κ2) is 7.81. The molecule has 4 nitrogen and oxygen atoms in total. The highest BCUT2D eigenvalue weighted by Crippen LogP contribution is 2.01. The molecule has 0 saturated carbocycles. The van der Waals surface area contributed by atoms with Gasteiger partial charge in [-0.05, 0) is 18.6 Å². The minimum atomic E-state index is -0.324. The molecular weight excluding hydrogens is 218 g/mol. The van der Waals surface area contributed by atoms with E-state index in [1.807, 2.05) is 13.0 Å². The van der Waals surface area contributed by atoms with Crippen LogP contribution in [-0.4, -0.2) is 31.8 Å². The maximum absolute atomic E-state index is 11.5. The third-order valence-electron chi connectivity index (χ3n) is 2.40. The van der Waals surface area contributed by atoms with Crippen molar-refractivity contribution in [3.63, 3.8) is 0 Å². The Bertz CT molecular complexity index is 323. The van der Waals surface area contributed by atoms with Gasteiger partial charge in [0.25, 0.3) is 0 Å². The summed E-state index contributed by atoms with van der Waals surface area (Å²) in [4.78, 5) is 11.5. The average molecular weight is 237 g/mol. The van der Waals surface area contributed by atoms with E-state index in [1.54, 1.807) is 24.3 Å². The van der Waals surface area contributed by atoms with Crippen molar-refractivity contribution >= 4 is 5.97 Å². The molecule has 0 heterocycles. The van der Waals surface area contributed by atoms with Gasteiger partial charge in [0.2, 0.25) is 0 Å². The number of carbonyl (C=O) groups excluding carboxylic acids is 1. The van der Waals surface area contributed by atoms with E-state index in [2.05, 4.69) is 0 Å². The smallest absolute Gasteiger partial charge is 0.338 e. The molecule has 0 aliphatic carbocycles. The van der Waals surface area contributed by atoms with Crippen molar-refractivity contribution in [3.8, 4) is 0 Å². The molecule has 0 aromatic heterocycles. The second-order valence-corrected chi connectivity index (χ2v) is 3.64. The van der Waals surface area contributed by atoms with Crippen LogP contribution in [0.3, 0.4) is 0 Å². The first-order valence-corrected chi connectivity index (χ1v) is 5.81. The molecular formula is C13H19NO3. The van der Waals surface area contributed by atoms with Gasteiger partial charge in [0.15, 0.2) is 0 Å². The molecule has 0 unspecified atom stereocenters. The monoisotopic (exact) mass is 237 g/mol. The Morgan fingerprint density at radius 2 is 2.00 bits per heavy atom. The number of ether oxygens (including phenoxy) is 2. The van der Waals surface area contributed by atoms with Gasteiger partial charge in [-0.1, -0.05) is 25.1 Å². The molecule has 4 heteroatoms. The molecule has 0 fully saturated rings. The number of carbonyl (C=O) groups is 1. The van der Waals surface area contributed by atoms with Gasteiger partial charge >= 0.3 is 5.97 Å². The Balaban J connectivity index is 2.21. The Morgan fingerprint density at radius 3 is 2.59 bits per heavy atom. The number of nitrogens with two attached hydrogens (primary N) is 1. The van der Waals surface area contributed by atoms with Gasteiger partial charge in [0.05, 0.1) is 18.3 Å². The van der Waals surface area contributed by atoms with E-state index in [0.29, 0.717) is 18.7 Å². The van der Waals surface area contributed by atoms with Crippen LogP contribution in [0.5, 0.6) is 0 Å². The zero-order valence-corrected chi connectivity index (χ0v) is 10.1. The van der Waals surface area contributed by atoms with Crippen molar-refractivity contribution in [1.82, 2.24) is 0 Å². The normalized spacial score (nSPS) is 12.1. The molecule has 1 aromatic rings. The van der Waals surface area contributed by atoms with Crippen LogP contribution in [0.2, 0.25) is 0 Å². The SMILES string of the molecule is CC[C@@H](CN)OCCOC(=O)c1ccccc1. The van der Waals surface area contributed by atoms with Gasteiger partial charge in [-0.25, -0.2) is 4.79 Å². The van der Waals surface area contributed by atoms with Crippen LogP contribution in [0.1, 0.15) is 23.7 Å². The van der Waals surface area contributed by atoms with Gasteiger partial charge in [0, 0.05) is 6.54 Å². The lowest BCUT2D eigenvalue weighted by Crippen LogP contribution is -2.25. The van der Waals surface area contributed by atoms with Crippen LogP contribution in [0.4, 0.5) is 0 Å². The van der Waals surface area contributed by atoms with Crippen molar-refractivity contribution in [3.05, 3.63) is 35.9 Å². The minimum Gasteiger partial charge on any atom is -0.460 e. The maximum atomic E-state index is 11.5. The minimum absolute atomic E-state index is 0.0467. The highest BCUT2D eigenvalue weighted by molar-refractivity contribution is 5.89. The topological polar surface area (TPSA) is 61.6 Å². The fourth-order valence-corrected chi connectivity index (χ4v) is 1.36. The standard InChI is InChI=1S/C13H19NO3/c1-2-12(10-14)16-8-9-17-13(15)11-6-4-3-5-7-11/h3-7,12H,2,8-10,14H2,1H3/t12-/m0/s1. The van der Waals surface area contributed by atoms with Gasteiger partial charge in [-0.3, -0.25) is 0 Å². The summed E-state index contributed by atoms with van der Waals surface area (Å²) in [5.74, 6) is -0.324. The van der Waals surface area contributed by atoms with Crippen LogP contribution in [0, 0.1) is 0 Å². The summed E-state index contributed by atoms with van der Waals surface area (Å²) in [6.07, 6.45) is 0.911. The summed E-state index contributed by atoms with van der Waals surface area (Å²) in [6, 6.07) is 8.89. The van der Waals surface area contributed by atoms with Crippen LogP contribution in [-0.2, 0) is 9.47 Å². The number of esters is 1. The maximum Gasteiger partial charge on any atom is 0.338 e. The van der Waals surface area contributed by atoms with Gasteiger partial charge < -0.3 is 15.2 Å². The lowest BCUT2D eigenvalue weighted by molar-refractivity contribution is 0.00922. The van der Waals surface area contributed by atoms with E-state index in [1.165, 1.54) is 0 Å². The average Bonchev–Trinajstić information content (AvgIpc) is 2.40. The van der Waals surface area contributed by atoms with E-state index in [9.17, 15) is 4.79 Å². The van der Waals surface area contributed by atoms with E-state index in [0.717, 1.165) is 6.42 Å². The molecule has 2 N–H and O–H groups in total. The number of rotatable bonds is 7. The fourth-order valence-electron chi connectivity index (χ4n) is 1.36. The molecule has 0 aliphatic heterocycles. The molecule has 1 aromatic carbocycles. The largest absolute Gasteiger partial charge is 0.460 e. The summed E-state index contributed by atoms with van der Waals surface area (Å²) in [7, 11) is 0. The highest BCUT2D eigenvalue weighted by Gasteiger charge is 2.07. The first-order chi connectivity index (χ1) is 8.27. The first kappa shape index (κ1) is 13.7. The molecule has 0 spiro atoms. The Morgan fingerprint density at radius 1 is 1.29 bits per heavy atom. The lowest BCUT2D eigenvalue weighted by Gasteiger charge is -2.13. The zero-order valence-electron chi connectivity index (χ0n) is 10.1. The zero-order chi connectivity index (χ0) is 12.5. The van der Waals surface area contributed by atoms with Crippen LogP contribution < -0.4 is 5.73 Å². The van der Waals surface area contributed by atoms with E-state index in [-0.39, 0.29) is 18.7 Å². The quantitative estimate of drug-likeness (QED) is 0.578. The van der Waals surface area contributed by atoms with Crippen LogP contribution in [0.25, 0.3) is 0 Å². The summed E-state index contributed by atoms with van der Waals surface area (Å²) >= 11 is 0. The molecule has 0 amide bonds. The second-order valence-electron chi connectivity index (χ2n) is 3.64. The van der Waals surface area contributed by atoms with Crippen LogP contribution >= 0.6 is 0 Å². The molecule has 1 rings (SSSR count). The number of benzene rings is 1. The molecule has 0 saturated heterocycles. The number of hydrogen-bond acceptors (Lipinski definition) is 4. The van der Waals surface area contributed by atoms with Crippen molar-refractivity contribution in [1.29, 1.82) is 0 Å². The molecule has 1 atom stereocenters. The Hall–Kier alpha value is -1.39. The van der Waals surface area contributed by atoms with Crippen molar-refractivity contribution in [2.24, 2.45) is 5.73 Å². The predicted molar refractivity (Wildman–Crippen MR) is 65.8 cm³/mol. The Labute approximate surface area is 102 Å². The first-order valence-electron chi connectivity index (χ1n) is 5.81.